The van der Waals surface area contributed by atoms with E-state index >= 15 is 0 Å². The molecule has 1 aliphatic carbocycles. The molecule has 1 fully saturated rings. The van der Waals surface area contributed by atoms with Crippen LogP contribution in [0.5, 0.6) is 0 Å². The molecule has 0 heterocycles. The van der Waals surface area contributed by atoms with Gasteiger partial charge < -0.3 is 14.8 Å². The molecule has 26 heavy (non-hydrogen) atoms. The molecule has 1 unspecified atom stereocenters. The number of nitrogens with one attached hydrogen (secondary N) is 1. The van der Waals surface area contributed by atoms with Gasteiger partial charge >= 0.3 is 11.9 Å². The fraction of sp³-hybridized carbons (Fsp3) is 0.474. The molecule has 1 aromatic carbocycles. The van der Waals surface area contributed by atoms with E-state index in [2.05, 4.69) is 5.32 Å². The highest BCUT2D eigenvalue weighted by molar-refractivity contribution is 6.14. The molecule has 7 nitrogen and oxygen atoms in total. The third-order valence-corrected chi connectivity index (χ3v) is 4.37. The molecule has 140 valence electrons. The van der Waals surface area contributed by atoms with E-state index in [9.17, 15) is 19.2 Å². The van der Waals surface area contributed by atoms with Gasteiger partial charge in [-0.1, -0.05) is 18.2 Å². The summed E-state index contributed by atoms with van der Waals surface area (Å²) in [6, 6.07) is 8.15. The predicted octanol–water partition coefficient (Wildman–Crippen LogP) is 1.65. The Morgan fingerprint density at radius 1 is 1.08 bits per heavy atom. The number of carbonyl (C=O) groups excluding carboxylic acids is 4. The van der Waals surface area contributed by atoms with Crippen molar-refractivity contribution in [1.29, 1.82) is 0 Å². The number of Topliss-reactive ketones (excluding diaryl/α,β-unsaturated/α-hetero) is 1. The SMILES string of the molecule is CCOC(=O)C(NC(=O)c1ccccc1)(C(=O)OCC)C1CCCC1=O. The first-order valence-electron chi connectivity index (χ1n) is 8.72. The van der Waals surface area contributed by atoms with Crippen molar-refractivity contribution in [3.63, 3.8) is 0 Å². The van der Waals surface area contributed by atoms with Gasteiger partial charge in [-0.25, -0.2) is 9.59 Å². The topological polar surface area (TPSA) is 98.8 Å². The summed E-state index contributed by atoms with van der Waals surface area (Å²) in [5.41, 5.74) is -1.91. The molecule has 0 saturated heterocycles. The van der Waals surface area contributed by atoms with Crippen LogP contribution in [-0.2, 0) is 23.9 Å². The van der Waals surface area contributed by atoms with Crippen molar-refractivity contribution in [1.82, 2.24) is 5.32 Å². The number of hydrogen-bond donors (Lipinski definition) is 1. The number of hydrogen-bond acceptors (Lipinski definition) is 6. The summed E-state index contributed by atoms with van der Waals surface area (Å²) in [5.74, 6) is -3.86. The zero-order chi connectivity index (χ0) is 19.2. The predicted molar refractivity (Wildman–Crippen MR) is 92.3 cm³/mol. The van der Waals surface area contributed by atoms with E-state index in [0.717, 1.165) is 0 Å². The minimum Gasteiger partial charge on any atom is -0.464 e. The Morgan fingerprint density at radius 3 is 2.12 bits per heavy atom. The first-order chi connectivity index (χ1) is 12.5. The van der Waals surface area contributed by atoms with E-state index in [1.807, 2.05) is 0 Å². The smallest absolute Gasteiger partial charge is 0.344 e. The molecule has 1 aromatic rings. The van der Waals surface area contributed by atoms with E-state index in [-0.39, 0.29) is 31.0 Å². The Kier molecular flexibility index (Phi) is 6.49. The van der Waals surface area contributed by atoms with Gasteiger partial charge in [0.05, 0.1) is 19.1 Å². The second-order valence-corrected chi connectivity index (χ2v) is 5.98. The normalized spacial score (nSPS) is 16.8. The molecule has 0 radical (unpaired) electrons. The lowest BCUT2D eigenvalue weighted by Gasteiger charge is -2.34. The van der Waals surface area contributed by atoms with Gasteiger partial charge in [0.1, 0.15) is 5.78 Å². The van der Waals surface area contributed by atoms with Crippen LogP contribution in [0.4, 0.5) is 0 Å². The monoisotopic (exact) mass is 361 g/mol. The molecule has 1 saturated carbocycles. The van der Waals surface area contributed by atoms with Crippen LogP contribution in [0.25, 0.3) is 0 Å². The lowest BCUT2D eigenvalue weighted by molar-refractivity contribution is -0.170. The van der Waals surface area contributed by atoms with Crippen LogP contribution in [-0.4, -0.2) is 42.4 Å². The first kappa shape index (κ1) is 19.6. The number of ketones is 1. The van der Waals surface area contributed by atoms with Crippen LogP contribution in [0.2, 0.25) is 0 Å². The maximum atomic E-state index is 12.8. The Balaban J connectivity index is 2.49. The van der Waals surface area contributed by atoms with Gasteiger partial charge in [0.15, 0.2) is 0 Å². The van der Waals surface area contributed by atoms with E-state index in [0.29, 0.717) is 12.8 Å². The standard InChI is InChI=1S/C19H23NO6/c1-3-25-17(23)19(18(24)26-4-2,14-11-8-12-15(14)21)20-16(22)13-9-6-5-7-10-13/h5-7,9-10,14H,3-4,8,11-12H2,1-2H3,(H,20,22). The Morgan fingerprint density at radius 2 is 1.65 bits per heavy atom. The van der Waals surface area contributed by atoms with Crippen molar-refractivity contribution in [2.75, 3.05) is 13.2 Å². The van der Waals surface area contributed by atoms with Crippen LogP contribution in [0.3, 0.4) is 0 Å². The van der Waals surface area contributed by atoms with Gasteiger partial charge in [0.2, 0.25) is 5.54 Å². The summed E-state index contributed by atoms with van der Waals surface area (Å²) < 4.78 is 10.1. The molecule has 0 spiro atoms. The van der Waals surface area contributed by atoms with Gasteiger partial charge in [0.25, 0.3) is 5.91 Å². The minimum atomic E-state index is -2.17. The highest BCUT2D eigenvalue weighted by atomic mass is 16.6. The van der Waals surface area contributed by atoms with Crippen molar-refractivity contribution in [3.8, 4) is 0 Å². The largest absolute Gasteiger partial charge is 0.464 e. The van der Waals surface area contributed by atoms with Gasteiger partial charge in [-0.2, -0.15) is 0 Å². The van der Waals surface area contributed by atoms with Gasteiger partial charge in [-0.05, 0) is 38.8 Å². The second kappa shape index (κ2) is 8.60. The average molecular weight is 361 g/mol. The average Bonchev–Trinajstić information content (AvgIpc) is 3.07. The number of ether oxygens (including phenoxy) is 2. The molecule has 1 atom stereocenters. The molecular weight excluding hydrogens is 338 g/mol. The summed E-state index contributed by atoms with van der Waals surface area (Å²) in [7, 11) is 0. The first-order valence-corrected chi connectivity index (χ1v) is 8.72. The fourth-order valence-corrected chi connectivity index (χ4v) is 3.16. The number of esters is 2. The molecule has 1 amide bonds. The Labute approximate surface area is 152 Å². The van der Waals surface area contributed by atoms with Crippen molar-refractivity contribution < 1.29 is 28.7 Å². The van der Waals surface area contributed by atoms with Crippen molar-refractivity contribution >= 4 is 23.6 Å². The molecule has 7 heteroatoms. The van der Waals surface area contributed by atoms with E-state index < -0.39 is 29.3 Å². The van der Waals surface area contributed by atoms with E-state index in [1.54, 1.807) is 44.2 Å². The number of rotatable bonds is 7. The Bertz CT molecular complexity index is 667. The summed E-state index contributed by atoms with van der Waals surface area (Å²) in [6.07, 6.45) is 1.07. The quantitative estimate of drug-likeness (QED) is 0.586. The number of benzene rings is 1. The highest BCUT2D eigenvalue weighted by Crippen LogP contribution is 2.34. The zero-order valence-corrected chi connectivity index (χ0v) is 14.9. The van der Waals surface area contributed by atoms with Gasteiger partial charge in [0, 0.05) is 12.0 Å². The Hall–Kier alpha value is -2.70. The third-order valence-electron chi connectivity index (χ3n) is 4.37. The van der Waals surface area contributed by atoms with Crippen LogP contribution in [0.1, 0.15) is 43.5 Å². The fourth-order valence-electron chi connectivity index (χ4n) is 3.16. The minimum absolute atomic E-state index is 0.00209. The second-order valence-electron chi connectivity index (χ2n) is 5.98. The lowest BCUT2D eigenvalue weighted by atomic mass is 9.81. The highest BCUT2D eigenvalue weighted by Gasteiger charge is 2.59. The van der Waals surface area contributed by atoms with E-state index in [4.69, 9.17) is 9.47 Å². The van der Waals surface area contributed by atoms with Gasteiger partial charge in [-0.15, -0.1) is 0 Å². The lowest BCUT2D eigenvalue weighted by Crippen LogP contribution is -2.66. The summed E-state index contributed by atoms with van der Waals surface area (Å²) >= 11 is 0. The third kappa shape index (κ3) is 3.76. The summed E-state index contributed by atoms with van der Waals surface area (Å²) in [6.45, 7) is 3.18. The number of amides is 1. The zero-order valence-electron chi connectivity index (χ0n) is 14.9. The molecule has 0 bridgehead atoms. The van der Waals surface area contributed by atoms with Crippen LogP contribution < -0.4 is 5.32 Å². The molecule has 1 N–H and O–H groups in total. The summed E-state index contributed by atoms with van der Waals surface area (Å²) in [4.78, 5) is 50.7. The van der Waals surface area contributed by atoms with E-state index in [1.165, 1.54) is 0 Å². The maximum absolute atomic E-state index is 12.8. The van der Waals surface area contributed by atoms with Crippen molar-refractivity contribution in [2.45, 2.75) is 38.6 Å². The van der Waals surface area contributed by atoms with Crippen molar-refractivity contribution in [3.05, 3.63) is 35.9 Å². The number of carbonyl (C=O) groups is 4. The van der Waals surface area contributed by atoms with Gasteiger partial charge in [-0.3, -0.25) is 9.59 Å². The molecule has 1 aliphatic rings. The van der Waals surface area contributed by atoms with Crippen molar-refractivity contribution in [2.24, 2.45) is 5.92 Å². The molecule has 0 aromatic heterocycles. The molecule has 0 aliphatic heterocycles. The maximum Gasteiger partial charge on any atom is 0.344 e. The molecular formula is C19H23NO6. The summed E-state index contributed by atoms with van der Waals surface area (Å²) in [5, 5.41) is 2.48. The van der Waals surface area contributed by atoms with Crippen LogP contribution >= 0.6 is 0 Å². The van der Waals surface area contributed by atoms with Crippen LogP contribution in [0, 0.1) is 5.92 Å². The van der Waals surface area contributed by atoms with Crippen LogP contribution in [0.15, 0.2) is 30.3 Å². The molecule has 2 rings (SSSR count).